The van der Waals surface area contributed by atoms with Gasteiger partial charge in [-0.3, -0.25) is 4.68 Å². The van der Waals surface area contributed by atoms with Crippen molar-refractivity contribution in [2.24, 2.45) is 0 Å². The molecule has 0 aliphatic heterocycles. The maximum atomic E-state index is 13.8. The second-order valence-electron chi connectivity index (χ2n) is 5.47. The Kier molecular flexibility index (Phi) is 4.12. The Morgan fingerprint density at radius 2 is 1.80 bits per heavy atom. The van der Waals surface area contributed by atoms with Crippen LogP contribution in [0.15, 0.2) is 24.3 Å². The first-order valence-corrected chi connectivity index (χ1v) is 6.98. The van der Waals surface area contributed by atoms with Crippen LogP contribution in [0.4, 0.5) is 10.1 Å². The van der Waals surface area contributed by atoms with E-state index in [0.29, 0.717) is 11.6 Å². The number of nitrogens with one attached hydrogen (secondary N) is 1. The molecular weight excluding hydrogens is 253 g/mol. The van der Waals surface area contributed by atoms with Gasteiger partial charge in [-0.15, -0.1) is 0 Å². The molecule has 0 radical (unpaired) electrons. The monoisotopic (exact) mass is 275 g/mol. The average molecular weight is 275 g/mol. The molecule has 3 nitrogen and oxygen atoms in total. The molecule has 0 aliphatic carbocycles. The summed E-state index contributed by atoms with van der Waals surface area (Å²) in [7, 11) is 0. The van der Waals surface area contributed by atoms with Crippen LogP contribution in [0.3, 0.4) is 0 Å². The van der Waals surface area contributed by atoms with Gasteiger partial charge in [0.25, 0.3) is 0 Å². The van der Waals surface area contributed by atoms with Gasteiger partial charge in [0.1, 0.15) is 5.82 Å². The van der Waals surface area contributed by atoms with Crippen molar-refractivity contribution in [2.45, 2.75) is 46.7 Å². The SMILES string of the molecule is Cc1nn(C(C)C)c(C)c1NC(C)c1ccccc1F. The summed E-state index contributed by atoms with van der Waals surface area (Å²) < 4.78 is 15.8. The summed E-state index contributed by atoms with van der Waals surface area (Å²) in [5, 5.41) is 7.93. The first kappa shape index (κ1) is 14.6. The van der Waals surface area contributed by atoms with Gasteiger partial charge in [0, 0.05) is 11.6 Å². The van der Waals surface area contributed by atoms with Crippen LogP contribution in [0, 0.1) is 19.7 Å². The second-order valence-corrected chi connectivity index (χ2v) is 5.47. The minimum absolute atomic E-state index is 0.0987. The average Bonchev–Trinajstić information content (AvgIpc) is 2.67. The molecule has 2 aromatic rings. The molecule has 1 heterocycles. The highest BCUT2D eigenvalue weighted by Gasteiger charge is 2.17. The number of anilines is 1. The zero-order chi connectivity index (χ0) is 14.9. The third kappa shape index (κ3) is 2.69. The van der Waals surface area contributed by atoms with E-state index in [1.165, 1.54) is 6.07 Å². The Morgan fingerprint density at radius 3 is 2.35 bits per heavy atom. The van der Waals surface area contributed by atoms with Gasteiger partial charge in [0.15, 0.2) is 0 Å². The van der Waals surface area contributed by atoms with Gasteiger partial charge >= 0.3 is 0 Å². The first-order valence-electron chi connectivity index (χ1n) is 6.98. The number of halogens is 1. The fourth-order valence-corrected chi connectivity index (χ4v) is 2.50. The number of rotatable bonds is 4. The van der Waals surface area contributed by atoms with Gasteiger partial charge in [0.05, 0.1) is 23.1 Å². The maximum absolute atomic E-state index is 13.8. The Balaban J connectivity index is 2.29. The summed E-state index contributed by atoms with van der Waals surface area (Å²) in [6.45, 7) is 10.2. The molecule has 0 amide bonds. The quantitative estimate of drug-likeness (QED) is 0.896. The molecule has 108 valence electrons. The van der Waals surface area contributed by atoms with Crippen molar-refractivity contribution < 1.29 is 4.39 Å². The molecular formula is C16H22FN3. The highest BCUT2D eigenvalue weighted by atomic mass is 19.1. The molecule has 0 fully saturated rings. The minimum Gasteiger partial charge on any atom is -0.375 e. The van der Waals surface area contributed by atoms with Crippen LogP contribution in [-0.4, -0.2) is 9.78 Å². The van der Waals surface area contributed by atoms with Crippen molar-refractivity contribution in [3.8, 4) is 0 Å². The molecule has 0 spiro atoms. The number of aryl methyl sites for hydroxylation is 1. The van der Waals surface area contributed by atoms with Crippen LogP contribution >= 0.6 is 0 Å². The summed E-state index contributed by atoms with van der Waals surface area (Å²) in [6, 6.07) is 7.08. The lowest BCUT2D eigenvalue weighted by Gasteiger charge is -2.17. The molecule has 0 bridgehead atoms. The second kappa shape index (κ2) is 5.65. The van der Waals surface area contributed by atoms with Gasteiger partial charge in [-0.25, -0.2) is 4.39 Å². The zero-order valence-electron chi connectivity index (χ0n) is 12.7. The molecule has 4 heteroatoms. The van der Waals surface area contributed by atoms with Crippen molar-refractivity contribution >= 4 is 5.69 Å². The van der Waals surface area contributed by atoms with Crippen LogP contribution in [0.1, 0.15) is 49.8 Å². The van der Waals surface area contributed by atoms with E-state index in [0.717, 1.165) is 17.1 Å². The smallest absolute Gasteiger partial charge is 0.128 e. The fourth-order valence-electron chi connectivity index (χ4n) is 2.50. The molecule has 0 saturated heterocycles. The third-order valence-corrected chi connectivity index (χ3v) is 3.55. The van der Waals surface area contributed by atoms with Gasteiger partial charge < -0.3 is 5.32 Å². The van der Waals surface area contributed by atoms with Crippen molar-refractivity contribution in [1.29, 1.82) is 0 Å². The lowest BCUT2D eigenvalue weighted by molar-refractivity contribution is 0.516. The maximum Gasteiger partial charge on any atom is 0.128 e. The molecule has 1 aromatic carbocycles. The molecule has 1 aromatic heterocycles. The zero-order valence-corrected chi connectivity index (χ0v) is 12.7. The number of hydrogen-bond acceptors (Lipinski definition) is 2. The van der Waals surface area contributed by atoms with Gasteiger partial charge in [0.2, 0.25) is 0 Å². The molecule has 20 heavy (non-hydrogen) atoms. The normalized spacial score (nSPS) is 12.8. The Labute approximate surface area is 119 Å². The van der Waals surface area contributed by atoms with Gasteiger partial charge in [-0.05, 0) is 40.7 Å². The summed E-state index contributed by atoms with van der Waals surface area (Å²) in [4.78, 5) is 0. The van der Waals surface area contributed by atoms with E-state index >= 15 is 0 Å². The first-order chi connectivity index (χ1) is 9.41. The van der Waals surface area contributed by atoms with E-state index in [1.54, 1.807) is 6.07 Å². The van der Waals surface area contributed by atoms with E-state index in [1.807, 2.05) is 37.6 Å². The highest BCUT2D eigenvalue weighted by Crippen LogP contribution is 2.27. The number of hydrogen-bond donors (Lipinski definition) is 1. The Hall–Kier alpha value is -1.84. The molecule has 1 unspecified atom stereocenters. The Morgan fingerprint density at radius 1 is 1.15 bits per heavy atom. The lowest BCUT2D eigenvalue weighted by Crippen LogP contribution is -2.10. The standard InChI is InChI=1S/C16H22FN3/c1-10(2)20-13(5)16(12(4)19-20)18-11(3)14-8-6-7-9-15(14)17/h6-11,18H,1-5H3. The van der Waals surface area contributed by atoms with Gasteiger partial charge in [-0.2, -0.15) is 5.10 Å². The summed E-state index contributed by atoms with van der Waals surface area (Å²) in [5.74, 6) is -0.181. The number of aromatic nitrogens is 2. The largest absolute Gasteiger partial charge is 0.375 e. The van der Waals surface area contributed by atoms with Crippen LogP contribution in [0.2, 0.25) is 0 Å². The summed E-state index contributed by atoms with van der Waals surface area (Å²) in [6.07, 6.45) is 0. The van der Waals surface area contributed by atoms with E-state index in [-0.39, 0.29) is 11.9 Å². The van der Waals surface area contributed by atoms with Crippen molar-refractivity contribution in [3.05, 3.63) is 47.0 Å². The van der Waals surface area contributed by atoms with Gasteiger partial charge in [-0.1, -0.05) is 18.2 Å². The van der Waals surface area contributed by atoms with Crippen LogP contribution < -0.4 is 5.32 Å². The van der Waals surface area contributed by atoms with Crippen LogP contribution in [0.5, 0.6) is 0 Å². The van der Waals surface area contributed by atoms with E-state index in [9.17, 15) is 4.39 Å². The predicted molar refractivity (Wildman–Crippen MR) is 80.5 cm³/mol. The Bertz CT molecular complexity index is 602. The van der Waals surface area contributed by atoms with E-state index in [2.05, 4.69) is 24.3 Å². The fraction of sp³-hybridized carbons (Fsp3) is 0.438. The topological polar surface area (TPSA) is 29.9 Å². The number of benzene rings is 1. The number of nitrogens with zero attached hydrogens (tertiary/aromatic N) is 2. The molecule has 1 atom stereocenters. The minimum atomic E-state index is -0.181. The predicted octanol–water partition coefficient (Wildman–Crippen LogP) is 4.39. The summed E-state index contributed by atoms with van der Waals surface area (Å²) >= 11 is 0. The van der Waals surface area contributed by atoms with Crippen molar-refractivity contribution in [2.75, 3.05) is 5.32 Å². The third-order valence-electron chi connectivity index (χ3n) is 3.55. The molecule has 0 saturated carbocycles. The highest BCUT2D eigenvalue weighted by molar-refractivity contribution is 5.53. The van der Waals surface area contributed by atoms with E-state index in [4.69, 9.17) is 0 Å². The lowest BCUT2D eigenvalue weighted by atomic mass is 10.1. The van der Waals surface area contributed by atoms with Crippen molar-refractivity contribution in [3.63, 3.8) is 0 Å². The summed E-state index contributed by atoms with van der Waals surface area (Å²) in [5.41, 5.74) is 3.69. The van der Waals surface area contributed by atoms with Crippen molar-refractivity contribution in [1.82, 2.24) is 9.78 Å². The molecule has 1 N–H and O–H groups in total. The van der Waals surface area contributed by atoms with Crippen LogP contribution in [0.25, 0.3) is 0 Å². The van der Waals surface area contributed by atoms with E-state index < -0.39 is 0 Å². The van der Waals surface area contributed by atoms with Crippen LogP contribution in [-0.2, 0) is 0 Å². The molecule has 0 aliphatic rings. The molecule has 2 rings (SSSR count).